The van der Waals surface area contributed by atoms with Crippen LogP contribution < -0.4 is 15.0 Å². The van der Waals surface area contributed by atoms with Crippen molar-refractivity contribution in [1.29, 1.82) is 0 Å². The van der Waals surface area contributed by atoms with Gasteiger partial charge in [0.1, 0.15) is 18.2 Å². The van der Waals surface area contributed by atoms with Gasteiger partial charge in [-0.2, -0.15) is 0 Å². The Balaban J connectivity index is 1.47. The minimum atomic E-state index is -2.61. The lowest BCUT2D eigenvalue weighted by Gasteiger charge is -2.34. The summed E-state index contributed by atoms with van der Waals surface area (Å²) < 4.78 is 45.2. The van der Waals surface area contributed by atoms with E-state index in [1.54, 1.807) is 6.07 Å². The van der Waals surface area contributed by atoms with Crippen molar-refractivity contribution in [2.45, 2.75) is 45.6 Å². The molecule has 1 aliphatic carbocycles. The van der Waals surface area contributed by atoms with Crippen LogP contribution in [-0.2, 0) is 11.3 Å². The summed E-state index contributed by atoms with van der Waals surface area (Å²) >= 11 is 0. The average Bonchev–Trinajstić information content (AvgIpc) is 2.85. The molecule has 0 saturated heterocycles. The normalized spacial score (nSPS) is 18.1. The van der Waals surface area contributed by atoms with Gasteiger partial charge in [-0.1, -0.05) is 6.07 Å². The van der Waals surface area contributed by atoms with Crippen molar-refractivity contribution in [3.63, 3.8) is 0 Å². The molecule has 4 nitrogen and oxygen atoms in total. The van der Waals surface area contributed by atoms with Crippen molar-refractivity contribution in [2.75, 3.05) is 23.4 Å². The SMILES string of the molecule is Cc1cc(N2CCOc3cc(F)ccc3C2)cc(C)c1NC(=O)CC1CC(F)(F)C1. The minimum absolute atomic E-state index is 0.118. The zero-order valence-corrected chi connectivity index (χ0v) is 17.1. The predicted molar refractivity (Wildman–Crippen MR) is 110 cm³/mol. The van der Waals surface area contributed by atoms with Gasteiger partial charge in [0, 0.05) is 48.8 Å². The van der Waals surface area contributed by atoms with Crippen LogP contribution in [0.4, 0.5) is 24.5 Å². The molecule has 0 unspecified atom stereocenters. The number of carbonyl (C=O) groups excluding carboxylic acids is 1. The second-order valence-corrected chi connectivity index (χ2v) is 8.36. The van der Waals surface area contributed by atoms with Gasteiger partial charge in [0.05, 0.1) is 6.54 Å². The Kier molecular flexibility index (Phi) is 5.38. The molecule has 0 aromatic heterocycles. The van der Waals surface area contributed by atoms with Crippen molar-refractivity contribution < 1.29 is 22.7 Å². The van der Waals surface area contributed by atoms with Crippen LogP contribution in [-0.4, -0.2) is 25.0 Å². The molecule has 1 aliphatic heterocycles. The second-order valence-electron chi connectivity index (χ2n) is 8.36. The third-order valence-corrected chi connectivity index (χ3v) is 5.80. The first-order valence-electron chi connectivity index (χ1n) is 10.2. The summed E-state index contributed by atoms with van der Waals surface area (Å²) in [6.45, 7) is 5.52. The molecule has 4 rings (SSSR count). The van der Waals surface area contributed by atoms with Gasteiger partial charge in [0.15, 0.2) is 0 Å². The lowest BCUT2D eigenvalue weighted by atomic mass is 9.79. The summed E-state index contributed by atoms with van der Waals surface area (Å²) in [5.41, 5.74) is 4.44. The summed E-state index contributed by atoms with van der Waals surface area (Å²) in [4.78, 5) is 14.5. The molecule has 160 valence electrons. The number of nitrogens with one attached hydrogen (secondary N) is 1. The van der Waals surface area contributed by atoms with Crippen molar-refractivity contribution in [2.24, 2.45) is 5.92 Å². The molecule has 2 aromatic rings. The van der Waals surface area contributed by atoms with E-state index in [1.165, 1.54) is 12.1 Å². The predicted octanol–water partition coefficient (Wildman–Crippen LogP) is 5.22. The number of carbonyl (C=O) groups is 1. The highest BCUT2D eigenvalue weighted by Gasteiger charge is 2.45. The molecule has 1 N–H and O–H groups in total. The number of aryl methyl sites for hydroxylation is 2. The topological polar surface area (TPSA) is 41.6 Å². The Hall–Kier alpha value is -2.70. The number of halogens is 3. The molecule has 0 bridgehead atoms. The van der Waals surface area contributed by atoms with Crippen LogP contribution in [0, 0.1) is 25.6 Å². The van der Waals surface area contributed by atoms with Crippen LogP contribution in [0.3, 0.4) is 0 Å². The zero-order valence-electron chi connectivity index (χ0n) is 17.1. The van der Waals surface area contributed by atoms with Gasteiger partial charge in [-0.25, -0.2) is 13.2 Å². The van der Waals surface area contributed by atoms with E-state index >= 15 is 0 Å². The van der Waals surface area contributed by atoms with Crippen molar-refractivity contribution >= 4 is 17.3 Å². The Labute approximate surface area is 174 Å². The highest BCUT2D eigenvalue weighted by molar-refractivity contribution is 5.93. The molecule has 1 heterocycles. The molecule has 0 atom stereocenters. The standard InChI is InChI=1S/C23H25F3N2O2/c1-14-7-19(28-5-6-30-20-10-18(24)4-3-17(20)13-28)8-15(2)22(14)27-21(29)9-16-11-23(25,26)12-16/h3-4,7-8,10,16H,5-6,9,11-13H2,1-2H3,(H,27,29). The summed E-state index contributed by atoms with van der Waals surface area (Å²) in [6, 6.07) is 8.56. The number of alkyl halides is 2. The zero-order chi connectivity index (χ0) is 21.5. The first-order chi connectivity index (χ1) is 14.2. The molecule has 1 amide bonds. The van der Waals surface area contributed by atoms with Gasteiger partial charge in [-0.3, -0.25) is 4.79 Å². The highest BCUT2D eigenvalue weighted by atomic mass is 19.3. The van der Waals surface area contributed by atoms with Crippen LogP contribution in [0.25, 0.3) is 0 Å². The van der Waals surface area contributed by atoms with Gasteiger partial charge in [0.25, 0.3) is 0 Å². The Morgan fingerprint density at radius 1 is 1.20 bits per heavy atom. The first-order valence-corrected chi connectivity index (χ1v) is 10.2. The van der Waals surface area contributed by atoms with E-state index in [2.05, 4.69) is 10.2 Å². The highest BCUT2D eigenvalue weighted by Crippen LogP contribution is 2.44. The van der Waals surface area contributed by atoms with E-state index in [4.69, 9.17) is 4.74 Å². The lowest BCUT2D eigenvalue weighted by Crippen LogP contribution is -2.37. The number of hydrogen-bond acceptors (Lipinski definition) is 3. The third-order valence-electron chi connectivity index (χ3n) is 5.80. The fraction of sp³-hybridized carbons (Fsp3) is 0.435. The maximum absolute atomic E-state index is 13.5. The number of fused-ring (bicyclic) bond motifs is 1. The molecule has 2 aromatic carbocycles. The van der Waals surface area contributed by atoms with Crippen molar-refractivity contribution in [3.8, 4) is 5.75 Å². The number of ether oxygens (including phenoxy) is 1. The molecule has 30 heavy (non-hydrogen) atoms. The Morgan fingerprint density at radius 3 is 2.57 bits per heavy atom. The quantitative estimate of drug-likeness (QED) is 0.741. The molecule has 1 saturated carbocycles. The number of hydrogen-bond donors (Lipinski definition) is 1. The molecular formula is C23H25F3N2O2. The first kappa shape index (κ1) is 20.6. The summed E-state index contributed by atoms with van der Waals surface area (Å²) in [5.74, 6) is -2.84. The summed E-state index contributed by atoms with van der Waals surface area (Å²) in [6.07, 6.45) is -0.299. The van der Waals surface area contributed by atoms with Gasteiger partial charge in [-0.05, 0) is 49.1 Å². The summed E-state index contributed by atoms with van der Waals surface area (Å²) in [7, 11) is 0. The van der Waals surface area contributed by atoms with E-state index in [0.717, 1.165) is 28.1 Å². The van der Waals surface area contributed by atoms with E-state index < -0.39 is 5.92 Å². The minimum Gasteiger partial charge on any atom is -0.491 e. The van der Waals surface area contributed by atoms with Crippen LogP contribution in [0.2, 0.25) is 0 Å². The lowest BCUT2D eigenvalue weighted by molar-refractivity contribution is -0.129. The van der Waals surface area contributed by atoms with Crippen LogP contribution in [0.15, 0.2) is 30.3 Å². The van der Waals surface area contributed by atoms with Gasteiger partial charge >= 0.3 is 0 Å². The molecule has 7 heteroatoms. The smallest absolute Gasteiger partial charge is 0.248 e. The largest absolute Gasteiger partial charge is 0.491 e. The number of rotatable bonds is 4. The number of benzene rings is 2. The Bertz CT molecular complexity index is 946. The van der Waals surface area contributed by atoms with Crippen molar-refractivity contribution in [1.82, 2.24) is 0 Å². The fourth-order valence-corrected chi connectivity index (χ4v) is 4.27. The molecule has 0 spiro atoms. The molecule has 2 aliphatic rings. The second kappa shape index (κ2) is 7.85. The van der Waals surface area contributed by atoms with E-state index in [1.807, 2.05) is 26.0 Å². The van der Waals surface area contributed by atoms with E-state index in [0.29, 0.717) is 25.4 Å². The number of nitrogens with zero attached hydrogens (tertiary/aromatic N) is 1. The number of anilines is 2. The third kappa shape index (κ3) is 4.40. The molecular weight excluding hydrogens is 393 g/mol. The van der Waals surface area contributed by atoms with Gasteiger partial charge in [-0.15, -0.1) is 0 Å². The monoisotopic (exact) mass is 418 g/mol. The maximum Gasteiger partial charge on any atom is 0.248 e. The Morgan fingerprint density at radius 2 is 1.90 bits per heavy atom. The van der Waals surface area contributed by atoms with E-state index in [-0.39, 0.29) is 36.9 Å². The maximum atomic E-state index is 13.5. The van der Waals surface area contributed by atoms with E-state index in [9.17, 15) is 18.0 Å². The summed E-state index contributed by atoms with van der Waals surface area (Å²) in [5, 5.41) is 2.90. The van der Waals surface area contributed by atoms with Gasteiger partial charge in [0.2, 0.25) is 11.8 Å². The van der Waals surface area contributed by atoms with Crippen LogP contribution in [0.5, 0.6) is 5.75 Å². The number of amides is 1. The average molecular weight is 418 g/mol. The van der Waals surface area contributed by atoms with Gasteiger partial charge < -0.3 is 15.0 Å². The van der Waals surface area contributed by atoms with Crippen LogP contribution >= 0.6 is 0 Å². The molecule has 0 radical (unpaired) electrons. The van der Waals surface area contributed by atoms with Crippen LogP contribution in [0.1, 0.15) is 36.0 Å². The van der Waals surface area contributed by atoms with Crippen molar-refractivity contribution in [3.05, 3.63) is 52.8 Å². The molecule has 1 fully saturated rings. The fourth-order valence-electron chi connectivity index (χ4n) is 4.27.